The van der Waals surface area contributed by atoms with Gasteiger partial charge in [-0.2, -0.15) is 0 Å². The van der Waals surface area contributed by atoms with Crippen molar-refractivity contribution in [1.29, 1.82) is 0 Å². The number of benzene rings is 2. The molecule has 1 heterocycles. The zero-order chi connectivity index (χ0) is 18.8. The number of carbonyl (C=O) groups is 1. The van der Waals surface area contributed by atoms with Crippen molar-refractivity contribution in [2.24, 2.45) is 7.05 Å². The van der Waals surface area contributed by atoms with E-state index in [1.807, 2.05) is 0 Å². The molecule has 4 N–H and O–H groups in total. The first kappa shape index (κ1) is 17.3. The van der Waals surface area contributed by atoms with E-state index in [0.717, 1.165) is 5.69 Å². The maximum atomic E-state index is 12.6. The van der Waals surface area contributed by atoms with Gasteiger partial charge in [0.1, 0.15) is 11.3 Å². The molecule has 0 aliphatic rings. The number of nitrogens with zero attached hydrogens (tertiary/aromatic N) is 1. The molecular formula is C20H19N3O3. The average Bonchev–Trinajstić information content (AvgIpc) is 2.62. The Labute approximate surface area is 150 Å². The van der Waals surface area contributed by atoms with Gasteiger partial charge in [0.05, 0.1) is 5.52 Å². The minimum atomic E-state index is -0.561. The Morgan fingerprint density at radius 1 is 1.15 bits per heavy atom. The Hall–Kier alpha value is -3.54. The molecule has 0 spiro atoms. The van der Waals surface area contributed by atoms with Gasteiger partial charge < -0.3 is 20.7 Å². The molecule has 0 aliphatic heterocycles. The quantitative estimate of drug-likeness (QED) is 0.382. The summed E-state index contributed by atoms with van der Waals surface area (Å²) >= 11 is 0. The number of aryl methyl sites for hydroxylation is 1. The molecule has 2 aromatic carbocycles. The summed E-state index contributed by atoms with van der Waals surface area (Å²) in [6.45, 7) is 1.71. The molecule has 0 unspecified atom stereocenters. The molecule has 26 heavy (non-hydrogen) atoms. The lowest BCUT2D eigenvalue weighted by Crippen LogP contribution is -2.24. The second kappa shape index (κ2) is 6.76. The fraction of sp³-hybridized carbons (Fsp3) is 0.100. The topological polar surface area (TPSA) is 97.3 Å². The van der Waals surface area contributed by atoms with Crippen LogP contribution in [-0.4, -0.2) is 15.5 Å². The first-order chi connectivity index (χ1) is 12.4. The number of hydrogen-bond acceptors (Lipinski definition) is 5. The molecule has 0 radical (unpaired) electrons. The maximum absolute atomic E-state index is 12.6. The van der Waals surface area contributed by atoms with Crippen LogP contribution in [0.4, 0.5) is 11.4 Å². The Bertz CT molecular complexity index is 1080. The number of anilines is 2. The minimum absolute atomic E-state index is 0.246. The summed E-state index contributed by atoms with van der Waals surface area (Å²) < 4.78 is 1.36. The summed E-state index contributed by atoms with van der Waals surface area (Å²) in [5.74, 6) is -0.862. The maximum Gasteiger partial charge on any atom is 0.265 e. The van der Waals surface area contributed by atoms with Crippen LogP contribution in [0.25, 0.3) is 10.9 Å². The van der Waals surface area contributed by atoms with Crippen LogP contribution >= 0.6 is 0 Å². The predicted molar refractivity (Wildman–Crippen MR) is 103 cm³/mol. The van der Waals surface area contributed by atoms with Crippen LogP contribution in [0.5, 0.6) is 5.75 Å². The van der Waals surface area contributed by atoms with Crippen LogP contribution in [0.2, 0.25) is 0 Å². The fourth-order valence-electron chi connectivity index (χ4n) is 2.80. The second-order valence-corrected chi connectivity index (χ2v) is 6.04. The highest BCUT2D eigenvalue weighted by molar-refractivity contribution is 6.09. The molecule has 132 valence electrons. The molecule has 1 aromatic heterocycles. The van der Waals surface area contributed by atoms with Crippen molar-refractivity contribution in [3.05, 3.63) is 76.2 Å². The molecule has 6 nitrogen and oxygen atoms in total. The molecule has 0 atom stereocenters. The highest BCUT2D eigenvalue weighted by Gasteiger charge is 2.19. The summed E-state index contributed by atoms with van der Waals surface area (Å²) in [7, 11) is 1.57. The second-order valence-electron chi connectivity index (χ2n) is 6.04. The van der Waals surface area contributed by atoms with Crippen molar-refractivity contribution in [2.75, 3.05) is 11.1 Å². The monoisotopic (exact) mass is 349 g/mol. The lowest BCUT2D eigenvalue weighted by molar-refractivity contribution is 0.104. The van der Waals surface area contributed by atoms with E-state index in [1.54, 1.807) is 62.5 Å². The van der Waals surface area contributed by atoms with Gasteiger partial charge in [-0.3, -0.25) is 9.59 Å². The minimum Gasteiger partial charge on any atom is -0.506 e. The Kier molecular flexibility index (Phi) is 4.49. The third kappa shape index (κ3) is 3.17. The number of carbonyl (C=O) groups excluding carboxylic acids is 1. The molecule has 0 fully saturated rings. The van der Waals surface area contributed by atoms with Gasteiger partial charge in [-0.05, 0) is 43.3 Å². The van der Waals surface area contributed by atoms with E-state index < -0.39 is 11.3 Å². The Balaban J connectivity index is 1.99. The van der Waals surface area contributed by atoms with Crippen molar-refractivity contribution >= 4 is 28.1 Å². The summed E-state index contributed by atoms with van der Waals surface area (Å²) in [5.41, 5.74) is 7.36. The summed E-state index contributed by atoms with van der Waals surface area (Å²) in [6, 6.07) is 13.9. The number of fused-ring (bicyclic) bond motifs is 1. The van der Waals surface area contributed by atoms with Crippen LogP contribution in [0.1, 0.15) is 17.3 Å². The van der Waals surface area contributed by atoms with E-state index in [2.05, 4.69) is 5.32 Å². The van der Waals surface area contributed by atoms with Gasteiger partial charge in [0.15, 0.2) is 5.78 Å². The van der Waals surface area contributed by atoms with Gasteiger partial charge in [-0.1, -0.05) is 12.1 Å². The van der Waals surface area contributed by atoms with E-state index in [9.17, 15) is 14.7 Å². The predicted octanol–water partition coefficient (Wildman–Crippen LogP) is 3.02. The van der Waals surface area contributed by atoms with Gasteiger partial charge in [0.2, 0.25) is 0 Å². The first-order valence-electron chi connectivity index (χ1n) is 8.04. The molecular weight excluding hydrogens is 330 g/mol. The third-order valence-electron chi connectivity index (χ3n) is 4.12. The smallest absolute Gasteiger partial charge is 0.265 e. The largest absolute Gasteiger partial charge is 0.506 e. The third-order valence-corrected chi connectivity index (χ3v) is 4.12. The molecule has 0 saturated heterocycles. The number of nitrogens with one attached hydrogen (secondary N) is 1. The van der Waals surface area contributed by atoms with E-state index in [0.29, 0.717) is 22.3 Å². The first-order valence-corrected chi connectivity index (χ1v) is 8.04. The summed E-state index contributed by atoms with van der Waals surface area (Å²) in [5, 5.41) is 14.0. The van der Waals surface area contributed by atoms with Crippen molar-refractivity contribution in [3.8, 4) is 5.75 Å². The van der Waals surface area contributed by atoms with Crippen LogP contribution in [-0.2, 0) is 7.05 Å². The van der Waals surface area contributed by atoms with Crippen molar-refractivity contribution < 1.29 is 9.90 Å². The lowest BCUT2D eigenvalue weighted by Gasteiger charge is -2.11. The SMILES string of the molecule is C/C(=C/C(=O)c1c(O)c2ccccc2n(C)c1=O)Nc1ccc(N)cc1. The van der Waals surface area contributed by atoms with E-state index in [4.69, 9.17) is 5.73 Å². The molecule has 0 amide bonds. The van der Waals surface area contributed by atoms with Crippen LogP contribution in [0, 0.1) is 0 Å². The van der Waals surface area contributed by atoms with Gasteiger partial charge >= 0.3 is 0 Å². The van der Waals surface area contributed by atoms with Gasteiger partial charge in [0.25, 0.3) is 5.56 Å². The van der Waals surface area contributed by atoms with Crippen molar-refractivity contribution in [1.82, 2.24) is 4.57 Å². The van der Waals surface area contributed by atoms with Crippen LogP contribution in [0.15, 0.2) is 65.1 Å². The molecule has 0 bridgehead atoms. The van der Waals surface area contributed by atoms with Gasteiger partial charge in [-0.25, -0.2) is 0 Å². The zero-order valence-electron chi connectivity index (χ0n) is 14.5. The lowest BCUT2D eigenvalue weighted by atomic mass is 10.1. The van der Waals surface area contributed by atoms with Crippen LogP contribution in [0.3, 0.4) is 0 Å². The number of para-hydroxylation sites is 1. The molecule has 0 aliphatic carbocycles. The number of ketones is 1. The zero-order valence-corrected chi connectivity index (χ0v) is 14.5. The highest BCUT2D eigenvalue weighted by atomic mass is 16.3. The number of aromatic nitrogens is 1. The molecule has 0 saturated carbocycles. The van der Waals surface area contributed by atoms with E-state index in [1.165, 1.54) is 10.6 Å². The number of hydrogen-bond donors (Lipinski definition) is 3. The van der Waals surface area contributed by atoms with Crippen LogP contribution < -0.4 is 16.6 Å². The highest BCUT2D eigenvalue weighted by Crippen LogP contribution is 2.26. The number of allylic oxidation sites excluding steroid dienone is 2. The normalized spacial score (nSPS) is 11.5. The van der Waals surface area contributed by atoms with E-state index >= 15 is 0 Å². The van der Waals surface area contributed by atoms with E-state index in [-0.39, 0.29) is 11.3 Å². The number of rotatable bonds is 4. The standard InChI is InChI=1S/C20H19N3O3/c1-12(22-14-9-7-13(21)8-10-14)11-17(24)18-19(25)15-5-3-4-6-16(15)23(2)20(18)26/h3-11,22,25H,21H2,1-2H3/b12-11-. The average molecular weight is 349 g/mol. The number of nitrogens with two attached hydrogens (primary N) is 1. The van der Waals surface area contributed by atoms with Gasteiger partial charge in [-0.15, -0.1) is 0 Å². The molecule has 3 aromatic rings. The number of nitrogen functional groups attached to an aromatic ring is 1. The number of pyridine rings is 1. The summed E-state index contributed by atoms with van der Waals surface area (Å²) in [6.07, 6.45) is 1.29. The van der Waals surface area contributed by atoms with Crippen molar-refractivity contribution in [2.45, 2.75) is 6.92 Å². The molecule has 6 heteroatoms. The van der Waals surface area contributed by atoms with Gasteiger partial charge in [0, 0.05) is 35.6 Å². The Morgan fingerprint density at radius 3 is 2.50 bits per heavy atom. The molecule has 3 rings (SSSR count). The number of aromatic hydroxyl groups is 1. The Morgan fingerprint density at radius 2 is 1.81 bits per heavy atom. The summed E-state index contributed by atoms with van der Waals surface area (Å²) in [4.78, 5) is 25.2. The van der Waals surface area contributed by atoms with Crippen molar-refractivity contribution in [3.63, 3.8) is 0 Å². The fourth-order valence-corrected chi connectivity index (χ4v) is 2.80.